The molecule has 0 atom stereocenters. The van der Waals surface area contributed by atoms with Crippen LogP contribution in [0, 0.1) is 0 Å². The van der Waals surface area contributed by atoms with E-state index in [0.29, 0.717) is 0 Å². The molecule has 0 bridgehead atoms. The van der Waals surface area contributed by atoms with Gasteiger partial charge in [-0.1, -0.05) is 19.1 Å². The van der Waals surface area contributed by atoms with Crippen LogP contribution in [0.1, 0.15) is 33.5 Å². The van der Waals surface area contributed by atoms with Gasteiger partial charge < -0.3 is 4.74 Å². The van der Waals surface area contributed by atoms with Gasteiger partial charge in [0, 0.05) is 12.4 Å². The maximum atomic E-state index is 11.7. The third-order valence-electron chi connectivity index (χ3n) is 2.50. The highest BCUT2D eigenvalue weighted by molar-refractivity contribution is 6.00. The average molecular weight is 256 g/mol. The minimum absolute atomic E-state index is 0.0843. The van der Waals surface area contributed by atoms with Gasteiger partial charge in [-0.3, -0.25) is 0 Å². The Morgan fingerprint density at radius 3 is 2.32 bits per heavy atom. The molecule has 5 heteroatoms. The summed E-state index contributed by atoms with van der Waals surface area (Å²) in [6, 6.07) is 8.09. The van der Waals surface area contributed by atoms with E-state index in [0.717, 1.165) is 12.0 Å². The van der Waals surface area contributed by atoms with E-state index < -0.39 is 11.9 Å². The summed E-state index contributed by atoms with van der Waals surface area (Å²) in [4.78, 5) is 31.1. The summed E-state index contributed by atoms with van der Waals surface area (Å²) in [5, 5.41) is 0. The van der Waals surface area contributed by atoms with Crippen molar-refractivity contribution in [1.82, 2.24) is 9.97 Å². The minimum atomic E-state index is -0.785. The summed E-state index contributed by atoms with van der Waals surface area (Å²) >= 11 is 0. The average Bonchev–Trinajstić information content (AvgIpc) is 2.48. The Morgan fingerprint density at radius 2 is 1.79 bits per heavy atom. The topological polar surface area (TPSA) is 69.2 Å². The standard InChI is InChI=1S/C14H12N2O3/c1-2-10-6-7-12(16-9-10)14(18)19-13(17)11-5-3-4-8-15-11/h3-9H,2H2,1H3. The molecule has 2 aromatic rings. The minimum Gasteiger partial charge on any atom is -0.383 e. The Labute approximate surface area is 110 Å². The molecule has 0 N–H and O–H groups in total. The lowest BCUT2D eigenvalue weighted by Gasteiger charge is -2.02. The van der Waals surface area contributed by atoms with Crippen molar-refractivity contribution in [2.45, 2.75) is 13.3 Å². The molecule has 0 spiro atoms. The first-order valence-corrected chi connectivity index (χ1v) is 5.83. The van der Waals surface area contributed by atoms with E-state index in [1.54, 1.807) is 24.4 Å². The normalized spacial score (nSPS) is 9.95. The van der Waals surface area contributed by atoms with Crippen LogP contribution in [0.4, 0.5) is 0 Å². The lowest BCUT2D eigenvalue weighted by atomic mass is 10.2. The fourth-order valence-electron chi connectivity index (χ4n) is 1.43. The molecule has 2 rings (SSSR count). The van der Waals surface area contributed by atoms with Crippen molar-refractivity contribution in [3.63, 3.8) is 0 Å². The van der Waals surface area contributed by atoms with E-state index in [1.165, 1.54) is 18.3 Å². The number of rotatable bonds is 3. The zero-order valence-electron chi connectivity index (χ0n) is 10.4. The first kappa shape index (κ1) is 12.9. The highest BCUT2D eigenvalue weighted by Crippen LogP contribution is 2.05. The first-order valence-electron chi connectivity index (χ1n) is 5.83. The zero-order valence-corrected chi connectivity index (χ0v) is 10.4. The van der Waals surface area contributed by atoms with Gasteiger partial charge in [-0.2, -0.15) is 0 Å². The van der Waals surface area contributed by atoms with Gasteiger partial charge in [0.15, 0.2) is 0 Å². The maximum absolute atomic E-state index is 11.7. The van der Waals surface area contributed by atoms with Gasteiger partial charge in [0.2, 0.25) is 0 Å². The van der Waals surface area contributed by atoms with E-state index in [4.69, 9.17) is 4.74 Å². The molecule has 0 aliphatic carbocycles. The molecule has 0 fully saturated rings. The van der Waals surface area contributed by atoms with Gasteiger partial charge in [-0.05, 0) is 30.2 Å². The van der Waals surface area contributed by atoms with Crippen LogP contribution in [0.2, 0.25) is 0 Å². The summed E-state index contributed by atoms with van der Waals surface area (Å²) in [5.41, 5.74) is 1.19. The largest absolute Gasteiger partial charge is 0.383 e. The molecule has 0 radical (unpaired) electrons. The van der Waals surface area contributed by atoms with E-state index in [-0.39, 0.29) is 11.4 Å². The highest BCUT2D eigenvalue weighted by Gasteiger charge is 2.16. The predicted molar refractivity (Wildman–Crippen MR) is 67.6 cm³/mol. The van der Waals surface area contributed by atoms with Gasteiger partial charge in [-0.25, -0.2) is 19.6 Å². The molecule has 2 aromatic heterocycles. The Bertz CT molecular complexity index is 579. The lowest BCUT2D eigenvalue weighted by molar-refractivity contribution is 0.0389. The van der Waals surface area contributed by atoms with E-state index in [1.807, 2.05) is 6.92 Å². The SMILES string of the molecule is CCc1ccc(C(=O)OC(=O)c2ccccn2)nc1. The van der Waals surface area contributed by atoms with Crippen LogP contribution in [-0.4, -0.2) is 21.9 Å². The second-order valence-corrected chi connectivity index (χ2v) is 3.80. The molecule has 0 saturated carbocycles. The number of ether oxygens (including phenoxy) is 1. The molecule has 19 heavy (non-hydrogen) atoms. The third-order valence-corrected chi connectivity index (χ3v) is 2.50. The first-order chi connectivity index (χ1) is 9.20. The quantitative estimate of drug-likeness (QED) is 0.620. The number of aryl methyl sites for hydroxylation is 1. The molecule has 0 aliphatic heterocycles. The number of pyridine rings is 2. The number of carbonyl (C=O) groups excluding carboxylic acids is 2. The second-order valence-electron chi connectivity index (χ2n) is 3.80. The molecule has 0 saturated heterocycles. The second kappa shape index (κ2) is 5.86. The Morgan fingerprint density at radius 1 is 1.05 bits per heavy atom. The molecule has 0 aromatic carbocycles. The number of hydrogen-bond acceptors (Lipinski definition) is 5. The summed E-state index contributed by atoms with van der Waals surface area (Å²) < 4.78 is 4.69. The van der Waals surface area contributed by atoms with Gasteiger partial charge >= 0.3 is 11.9 Å². The van der Waals surface area contributed by atoms with Crippen molar-refractivity contribution in [3.05, 3.63) is 59.7 Å². The van der Waals surface area contributed by atoms with Gasteiger partial charge in [0.1, 0.15) is 11.4 Å². The monoisotopic (exact) mass is 256 g/mol. The van der Waals surface area contributed by atoms with Crippen molar-refractivity contribution < 1.29 is 14.3 Å². The van der Waals surface area contributed by atoms with Crippen LogP contribution in [0.15, 0.2) is 42.7 Å². The van der Waals surface area contributed by atoms with Crippen LogP contribution in [0.25, 0.3) is 0 Å². The molecule has 0 amide bonds. The smallest absolute Gasteiger partial charge is 0.364 e. The molecule has 5 nitrogen and oxygen atoms in total. The van der Waals surface area contributed by atoms with Crippen molar-refractivity contribution in [1.29, 1.82) is 0 Å². The predicted octanol–water partition coefficient (Wildman–Crippen LogP) is 2.04. The third kappa shape index (κ3) is 3.22. The number of hydrogen-bond donors (Lipinski definition) is 0. The van der Waals surface area contributed by atoms with Gasteiger partial charge in [0.25, 0.3) is 0 Å². The van der Waals surface area contributed by atoms with Crippen LogP contribution in [0.3, 0.4) is 0 Å². The van der Waals surface area contributed by atoms with Crippen molar-refractivity contribution in [3.8, 4) is 0 Å². The summed E-state index contributed by atoms with van der Waals surface area (Å²) in [6.45, 7) is 1.99. The van der Waals surface area contributed by atoms with Crippen LogP contribution in [-0.2, 0) is 11.2 Å². The number of carbonyl (C=O) groups is 2. The van der Waals surface area contributed by atoms with Crippen molar-refractivity contribution in [2.75, 3.05) is 0 Å². The molecular formula is C14H12N2O3. The molecular weight excluding hydrogens is 244 g/mol. The Balaban J connectivity index is 2.06. The van der Waals surface area contributed by atoms with Crippen LogP contribution >= 0.6 is 0 Å². The lowest BCUT2D eigenvalue weighted by Crippen LogP contribution is -2.15. The fraction of sp³-hybridized carbons (Fsp3) is 0.143. The number of esters is 2. The fourth-order valence-corrected chi connectivity index (χ4v) is 1.43. The summed E-state index contributed by atoms with van der Waals surface area (Å²) in [6.07, 6.45) is 3.87. The van der Waals surface area contributed by atoms with E-state index >= 15 is 0 Å². The maximum Gasteiger partial charge on any atom is 0.364 e. The highest BCUT2D eigenvalue weighted by atomic mass is 16.6. The summed E-state index contributed by atoms with van der Waals surface area (Å²) in [5.74, 6) is -1.56. The molecule has 2 heterocycles. The van der Waals surface area contributed by atoms with Crippen LogP contribution in [0.5, 0.6) is 0 Å². The number of nitrogens with zero attached hydrogens (tertiary/aromatic N) is 2. The molecule has 0 unspecified atom stereocenters. The Hall–Kier alpha value is -2.56. The van der Waals surface area contributed by atoms with Crippen LogP contribution < -0.4 is 0 Å². The van der Waals surface area contributed by atoms with Gasteiger partial charge in [-0.15, -0.1) is 0 Å². The zero-order chi connectivity index (χ0) is 13.7. The van der Waals surface area contributed by atoms with Crippen molar-refractivity contribution in [2.24, 2.45) is 0 Å². The van der Waals surface area contributed by atoms with E-state index in [9.17, 15) is 9.59 Å². The van der Waals surface area contributed by atoms with Crippen molar-refractivity contribution >= 4 is 11.9 Å². The number of aromatic nitrogens is 2. The van der Waals surface area contributed by atoms with E-state index in [2.05, 4.69) is 9.97 Å². The summed E-state index contributed by atoms with van der Waals surface area (Å²) in [7, 11) is 0. The molecule has 0 aliphatic rings. The van der Waals surface area contributed by atoms with Gasteiger partial charge in [0.05, 0.1) is 0 Å². The Kier molecular flexibility index (Phi) is 3.97. The molecule has 96 valence electrons.